The summed E-state index contributed by atoms with van der Waals surface area (Å²) in [6.07, 6.45) is 2.85. The highest BCUT2D eigenvalue weighted by Gasteiger charge is 2.30. The number of rotatable bonds is 7. The van der Waals surface area contributed by atoms with Crippen molar-refractivity contribution in [1.29, 1.82) is 0 Å². The first-order valence-corrected chi connectivity index (χ1v) is 6.84. The van der Waals surface area contributed by atoms with Crippen molar-refractivity contribution in [2.45, 2.75) is 38.9 Å². The normalized spacial score (nSPS) is 21.7. The molecular formula is C15H21NO3. The van der Waals surface area contributed by atoms with E-state index in [0.717, 1.165) is 25.0 Å². The number of carbonyl (C=O) groups is 1. The number of hydrogen-bond donors (Lipinski definition) is 1. The molecule has 1 aromatic rings. The minimum Gasteiger partial charge on any atom is -0.378 e. The molecule has 4 nitrogen and oxygen atoms in total. The Labute approximate surface area is 114 Å². The zero-order chi connectivity index (χ0) is 13.5. The van der Waals surface area contributed by atoms with Crippen LogP contribution in [-0.2, 0) is 21.0 Å². The van der Waals surface area contributed by atoms with Crippen LogP contribution in [0.15, 0.2) is 30.3 Å². The molecule has 19 heavy (non-hydrogen) atoms. The molecule has 0 heterocycles. The lowest BCUT2D eigenvalue weighted by atomic mass is 9.80. The van der Waals surface area contributed by atoms with Crippen molar-refractivity contribution in [3.05, 3.63) is 35.9 Å². The van der Waals surface area contributed by atoms with E-state index in [9.17, 15) is 4.79 Å². The lowest BCUT2D eigenvalue weighted by Gasteiger charge is -2.34. The first-order valence-electron chi connectivity index (χ1n) is 6.84. The third kappa shape index (κ3) is 4.65. The van der Waals surface area contributed by atoms with Crippen molar-refractivity contribution >= 4 is 5.91 Å². The molecule has 0 aliphatic heterocycles. The maximum absolute atomic E-state index is 11.6. The van der Waals surface area contributed by atoms with E-state index in [1.807, 2.05) is 37.3 Å². The highest BCUT2D eigenvalue weighted by Crippen LogP contribution is 2.32. The van der Waals surface area contributed by atoms with Crippen LogP contribution < -0.4 is 5.48 Å². The van der Waals surface area contributed by atoms with Gasteiger partial charge in [-0.25, -0.2) is 5.48 Å². The quantitative estimate of drug-likeness (QED) is 0.769. The van der Waals surface area contributed by atoms with E-state index in [4.69, 9.17) is 9.57 Å². The summed E-state index contributed by atoms with van der Waals surface area (Å²) in [4.78, 5) is 16.8. The van der Waals surface area contributed by atoms with Crippen LogP contribution in [0.1, 0.15) is 31.7 Å². The minimum absolute atomic E-state index is 0.0455. The summed E-state index contributed by atoms with van der Waals surface area (Å²) in [6.45, 7) is 3.15. The van der Waals surface area contributed by atoms with E-state index in [1.165, 1.54) is 0 Å². The van der Waals surface area contributed by atoms with E-state index in [2.05, 4.69) is 5.48 Å². The van der Waals surface area contributed by atoms with Crippen molar-refractivity contribution in [2.24, 2.45) is 5.92 Å². The lowest BCUT2D eigenvalue weighted by Crippen LogP contribution is -2.35. The summed E-state index contributed by atoms with van der Waals surface area (Å²) in [5.74, 6) is 0.396. The topological polar surface area (TPSA) is 47.6 Å². The van der Waals surface area contributed by atoms with Gasteiger partial charge < -0.3 is 4.74 Å². The molecule has 1 fully saturated rings. The minimum atomic E-state index is -0.0455. The number of amides is 1. The molecule has 1 amide bonds. The van der Waals surface area contributed by atoms with Gasteiger partial charge in [0.25, 0.3) is 0 Å². The number of carbonyl (C=O) groups excluding carboxylic acids is 1. The maximum atomic E-state index is 11.6. The zero-order valence-electron chi connectivity index (χ0n) is 11.3. The standard InChI is InChI=1S/C15H21NO3/c1-2-18-14-8-13(9-14)10-15(17)16-19-11-12-6-4-3-5-7-12/h3-7,13-14H,2,8-11H2,1H3,(H,16,17). The monoisotopic (exact) mass is 263 g/mol. The van der Waals surface area contributed by atoms with Crippen LogP contribution in [0.3, 0.4) is 0 Å². The highest BCUT2D eigenvalue weighted by atomic mass is 16.6. The molecule has 1 aliphatic rings. The third-order valence-corrected chi connectivity index (χ3v) is 3.34. The Morgan fingerprint density at radius 3 is 2.74 bits per heavy atom. The molecule has 1 saturated carbocycles. The van der Waals surface area contributed by atoms with Gasteiger partial charge in [0.05, 0.1) is 12.7 Å². The molecule has 1 aliphatic carbocycles. The van der Waals surface area contributed by atoms with Crippen LogP contribution in [0.5, 0.6) is 0 Å². The summed E-state index contributed by atoms with van der Waals surface area (Å²) in [6, 6.07) is 9.77. The van der Waals surface area contributed by atoms with Gasteiger partial charge in [-0.05, 0) is 31.2 Å². The Morgan fingerprint density at radius 2 is 2.05 bits per heavy atom. The van der Waals surface area contributed by atoms with E-state index in [-0.39, 0.29) is 5.91 Å². The average molecular weight is 263 g/mol. The number of hydrogen-bond acceptors (Lipinski definition) is 3. The molecule has 1 N–H and O–H groups in total. The molecule has 0 aromatic heterocycles. The molecule has 2 rings (SSSR count). The molecule has 0 radical (unpaired) electrons. The second-order valence-corrected chi connectivity index (χ2v) is 4.92. The van der Waals surface area contributed by atoms with Crippen LogP contribution >= 0.6 is 0 Å². The maximum Gasteiger partial charge on any atom is 0.243 e. The summed E-state index contributed by atoms with van der Waals surface area (Å²) >= 11 is 0. The van der Waals surface area contributed by atoms with Crippen molar-refractivity contribution in [2.75, 3.05) is 6.61 Å². The Hall–Kier alpha value is -1.39. The van der Waals surface area contributed by atoms with Crippen LogP contribution in [0, 0.1) is 5.92 Å². The largest absolute Gasteiger partial charge is 0.378 e. The second-order valence-electron chi connectivity index (χ2n) is 4.92. The summed E-state index contributed by atoms with van der Waals surface area (Å²) in [7, 11) is 0. The van der Waals surface area contributed by atoms with Crippen LogP contribution in [-0.4, -0.2) is 18.6 Å². The van der Waals surface area contributed by atoms with Gasteiger partial charge in [0.1, 0.15) is 0 Å². The lowest BCUT2D eigenvalue weighted by molar-refractivity contribution is -0.137. The predicted molar refractivity (Wildman–Crippen MR) is 72.1 cm³/mol. The van der Waals surface area contributed by atoms with Gasteiger partial charge in [-0.3, -0.25) is 9.63 Å². The van der Waals surface area contributed by atoms with Crippen molar-refractivity contribution < 1.29 is 14.4 Å². The first-order chi connectivity index (χ1) is 9.28. The smallest absolute Gasteiger partial charge is 0.243 e. The van der Waals surface area contributed by atoms with Crippen LogP contribution in [0.2, 0.25) is 0 Å². The van der Waals surface area contributed by atoms with Gasteiger partial charge in [-0.15, -0.1) is 0 Å². The van der Waals surface area contributed by atoms with Gasteiger partial charge in [0.15, 0.2) is 0 Å². The van der Waals surface area contributed by atoms with Gasteiger partial charge >= 0.3 is 0 Å². The van der Waals surface area contributed by atoms with Gasteiger partial charge in [-0.1, -0.05) is 30.3 Å². The van der Waals surface area contributed by atoms with E-state index in [0.29, 0.717) is 25.0 Å². The molecule has 104 valence electrons. The van der Waals surface area contributed by atoms with Gasteiger partial charge in [0, 0.05) is 13.0 Å². The molecule has 0 spiro atoms. The molecule has 0 bridgehead atoms. The fourth-order valence-corrected chi connectivity index (χ4v) is 2.29. The molecule has 0 atom stereocenters. The van der Waals surface area contributed by atoms with Crippen molar-refractivity contribution in [3.63, 3.8) is 0 Å². The van der Waals surface area contributed by atoms with Gasteiger partial charge in [-0.2, -0.15) is 0 Å². The second kappa shape index (κ2) is 7.26. The Bertz CT molecular complexity index is 388. The van der Waals surface area contributed by atoms with Crippen LogP contribution in [0.4, 0.5) is 0 Å². The van der Waals surface area contributed by atoms with E-state index >= 15 is 0 Å². The molecule has 4 heteroatoms. The first kappa shape index (κ1) is 14.0. The summed E-state index contributed by atoms with van der Waals surface area (Å²) in [5.41, 5.74) is 3.54. The van der Waals surface area contributed by atoms with E-state index < -0.39 is 0 Å². The number of nitrogens with one attached hydrogen (secondary N) is 1. The fraction of sp³-hybridized carbons (Fsp3) is 0.533. The SMILES string of the molecule is CCOC1CC(CC(=O)NOCc2ccccc2)C1. The average Bonchev–Trinajstić information content (AvgIpc) is 2.37. The van der Waals surface area contributed by atoms with Gasteiger partial charge in [0.2, 0.25) is 5.91 Å². The number of benzene rings is 1. The fourth-order valence-electron chi connectivity index (χ4n) is 2.29. The van der Waals surface area contributed by atoms with E-state index in [1.54, 1.807) is 0 Å². The predicted octanol–water partition coefficient (Wildman–Crippen LogP) is 2.44. The third-order valence-electron chi connectivity index (χ3n) is 3.34. The summed E-state index contributed by atoms with van der Waals surface area (Å²) in [5, 5.41) is 0. The Kier molecular flexibility index (Phi) is 5.36. The molecule has 0 unspecified atom stereocenters. The Morgan fingerprint density at radius 1 is 1.32 bits per heavy atom. The highest BCUT2D eigenvalue weighted by molar-refractivity contribution is 5.75. The molecule has 1 aromatic carbocycles. The van der Waals surface area contributed by atoms with Crippen molar-refractivity contribution in [1.82, 2.24) is 5.48 Å². The Balaban J connectivity index is 1.56. The number of hydroxylamine groups is 1. The molecule has 0 saturated heterocycles. The zero-order valence-corrected chi connectivity index (χ0v) is 11.3. The molecular weight excluding hydrogens is 242 g/mol. The van der Waals surface area contributed by atoms with Crippen LogP contribution in [0.25, 0.3) is 0 Å². The number of ether oxygens (including phenoxy) is 1. The van der Waals surface area contributed by atoms with Crippen molar-refractivity contribution in [3.8, 4) is 0 Å². The summed E-state index contributed by atoms with van der Waals surface area (Å²) < 4.78 is 5.47.